The first-order valence-corrected chi connectivity index (χ1v) is 10.9. The molecule has 168 valence electrons. The molecular formula is C25H34N2O4. The van der Waals surface area contributed by atoms with Crippen molar-refractivity contribution in [2.45, 2.75) is 32.1 Å². The zero-order chi connectivity index (χ0) is 22.5. The summed E-state index contributed by atoms with van der Waals surface area (Å²) in [6.45, 7) is 1.29. The van der Waals surface area contributed by atoms with Gasteiger partial charge < -0.3 is 20.1 Å². The number of amides is 1. The van der Waals surface area contributed by atoms with E-state index in [2.05, 4.69) is 10.2 Å². The Hall–Kier alpha value is -2.70. The average molecular weight is 427 g/mol. The molecule has 0 aliphatic rings. The van der Waals surface area contributed by atoms with Gasteiger partial charge in [-0.1, -0.05) is 42.5 Å². The summed E-state index contributed by atoms with van der Waals surface area (Å²) in [5.74, 6) is 0.477. The van der Waals surface area contributed by atoms with E-state index < -0.39 is 6.61 Å². The van der Waals surface area contributed by atoms with Crippen LogP contribution in [-0.2, 0) is 9.59 Å². The summed E-state index contributed by atoms with van der Waals surface area (Å²) in [5.41, 5.74) is 0.589. The first-order valence-electron chi connectivity index (χ1n) is 10.9. The second-order valence-electron chi connectivity index (χ2n) is 7.85. The number of hydrogen-bond donors (Lipinski definition) is 2. The Morgan fingerprint density at radius 1 is 1.06 bits per heavy atom. The number of rotatable bonds is 14. The Balaban J connectivity index is 1.99. The van der Waals surface area contributed by atoms with Crippen LogP contribution in [0.2, 0.25) is 0 Å². The molecule has 6 nitrogen and oxygen atoms in total. The minimum Gasteiger partial charge on any atom is -0.488 e. The number of benzene rings is 2. The standard InChI is InChI=1S/C25H34N2O4/c1-27(2)17-9-16-26-25(30)21(11-4-3-5-13-22(29)18-28)19-31-24-15-8-12-20-10-6-7-14-23(20)24/h6-8,10-12,14-15,28H,3-5,9,13,16-19H2,1-2H3,(H,26,30)/b21-11+. The third-order valence-electron chi connectivity index (χ3n) is 4.97. The van der Waals surface area contributed by atoms with Crippen molar-refractivity contribution in [3.05, 3.63) is 54.1 Å². The number of ketones is 1. The van der Waals surface area contributed by atoms with Crippen LogP contribution in [0.4, 0.5) is 0 Å². The quantitative estimate of drug-likeness (QED) is 0.358. The minimum atomic E-state index is -0.407. The van der Waals surface area contributed by atoms with Crippen molar-refractivity contribution in [2.75, 3.05) is 40.4 Å². The van der Waals surface area contributed by atoms with Crippen LogP contribution in [0.3, 0.4) is 0 Å². The lowest BCUT2D eigenvalue weighted by molar-refractivity contribution is -0.122. The number of allylic oxidation sites excluding steroid dienone is 1. The van der Waals surface area contributed by atoms with Gasteiger partial charge in [-0.25, -0.2) is 0 Å². The fourth-order valence-electron chi connectivity index (χ4n) is 3.23. The summed E-state index contributed by atoms with van der Waals surface area (Å²) in [4.78, 5) is 26.0. The fourth-order valence-corrected chi connectivity index (χ4v) is 3.23. The summed E-state index contributed by atoms with van der Waals surface area (Å²) >= 11 is 0. The van der Waals surface area contributed by atoms with Crippen LogP contribution in [-0.4, -0.2) is 62.1 Å². The molecule has 0 heterocycles. The second-order valence-corrected chi connectivity index (χ2v) is 7.85. The van der Waals surface area contributed by atoms with Crippen LogP contribution < -0.4 is 10.1 Å². The lowest BCUT2D eigenvalue weighted by Gasteiger charge is -2.14. The van der Waals surface area contributed by atoms with Crippen LogP contribution >= 0.6 is 0 Å². The number of nitrogens with zero attached hydrogens (tertiary/aromatic N) is 1. The lowest BCUT2D eigenvalue weighted by atomic mass is 10.1. The molecule has 0 saturated carbocycles. The maximum atomic E-state index is 12.7. The van der Waals surface area contributed by atoms with Gasteiger partial charge in [-0.05, 0) is 57.8 Å². The van der Waals surface area contributed by atoms with E-state index in [-0.39, 0.29) is 18.3 Å². The smallest absolute Gasteiger partial charge is 0.250 e. The van der Waals surface area contributed by atoms with Crippen LogP contribution in [0.5, 0.6) is 5.75 Å². The van der Waals surface area contributed by atoms with E-state index in [1.165, 1.54) is 0 Å². The largest absolute Gasteiger partial charge is 0.488 e. The molecule has 2 N–H and O–H groups in total. The van der Waals surface area contributed by atoms with E-state index >= 15 is 0 Å². The van der Waals surface area contributed by atoms with Gasteiger partial charge in [0.05, 0.1) is 5.57 Å². The van der Waals surface area contributed by atoms with Gasteiger partial charge in [-0.3, -0.25) is 9.59 Å². The van der Waals surface area contributed by atoms with Crippen molar-refractivity contribution < 1.29 is 19.4 Å². The molecule has 0 unspecified atom stereocenters. The molecule has 0 saturated heterocycles. The van der Waals surface area contributed by atoms with E-state index in [1.807, 2.05) is 62.6 Å². The maximum absolute atomic E-state index is 12.7. The van der Waals surface area contributed by atoms with Gasteiger partial charge in [-0.15, -0.1) is 0 Å². The topological polar surface area (TPSA) is 78.9 Å². The molecule has 2 aromatic carbocycles. The van der Waals surface area contributed by atoms with Crippen molar-refractivity contribution in [3.8, 4) is 5.75 Å². The Morgan fingerprint density at radius 3 is 2.61 bits per heavy atom. The number of fused-ring (bicyclic) bond motifs is 1. The number of carbonyl (C=O) groups excluding carboxylic acids is 2. The first-order chi connectivity index (χ1) is 15.0. The van der Waals surface area contributed by atoms with Crippen molar-refractivity contribution in [1.82, 2.24) is 10.2 Å². The highest BCUT2D eigenvalue weighted by atomic mass is 16.5. The number of nitrogens with one attached hydrogen (secondary N) is 1. The molecule has 0 atom stereocenters. The summed E-state index contributed by atoms with van der Waals surface area (Å²) < 4.78 is 6.04. The molecule has 0 spiro atoms. The predicted octanol–water partition coefficient (Wildman–Crippen LogP) is 3.33. The fraction of sp³-hybridized carbons (Fsp3) is 0.440. The van der Waals surface area contributed by atoms with E-state index in [4.69, 9.17) is 9.84 Å². The van der Waals surface area contributed by atoms with E-state index in [1.54, 1.807) is 0 Å². The second kappa shape index (κ2) is 13.6. The number of hydrogen-bond acceptors (Lipinski definition) is 5. The molecule has 2 aromatic rings. The van der Waals surface area contributed by atoms with Crippen LogP contribution in [0, 0.1) is 0 Å². The van der Waals surface area contributed by atoms with Crippen molar-refractivity contribution in [3.63, 3.8) is 0 Å². The van der Waals surface area contributed by atoms with Gasteiger partial charge in [0, 0.05) is 18.4 Å². The molecule has 6 heteroatoms. The molecule has 0 aliphatic carbocycles. The highest BCUT2D eigenvalue weighted by Gasteiger charge is 2.11. The van der Waals surface area contributed by atoms with Crippen molar-refractivity contribution in [1.29, 1.82) is 0 Å². The number of unbranched alkanes of at least 4 members (excludes halogenated alkanes) is 2. The zero-order valence-electron chi connectivity index (χ0n) is 18.6. The summed E-state index contributed by atoms with van der Waals surface area (Å²) in [6, 6.07) is 13.9. The molecule has 0 bridgehead atoms. The number of ether oxygens (including phenoxy) is 1. The summed E-state index contributed by atoms with van der Waals surface area (Å²) in [6.07, 6.45) is 5.28. The van der Waals surface area contributed by atoms with Crippen molar-refractivity contribution >= 4 is 22.5 Å². The Labute approximate surface area is 184 Å². The number of aliphatic hydroxyl groups excluding tert-OH is 1. The predicted molar refractivity (Wildman–Crippen MR) is 124 cm³/mol. The molecule has 0 aliphatic heterocycles. The SMILES string of the molecule is CN(C)CCCNC(=O)/C(=C/CCCCC(=O)CO)COc1cccc2ccccc12. The normalized spacial score (nSPS) is 11.7. The molecule has 0 aromatic heterocycles. The molecule has 1 amide bonds. The highest BCUT2D eigenvalue weighted by Crippen LogP contribution is 2.25. The zero-order valence-corrected chi connectivity index (χ0v) is 18.6. The van der Waals surface area contributed by atoms with E-state index in [9.17, 15) is 9.59 Å². The van der Waals surface area contributed by atoms with Gasteiger partial charge in [0.1, 0.15) is 19.0 Å². The Kier molecular flexibility index (Phi) is 10.8. The van der Waals surface area contributed by atoms with E-state index in [0.717, 1.165) is 35.9 Å². The van der Waals surface area contributed by atoms with E-state index in [0.29, 0.717) is 31.4 Å². The summed E-state index contributed by atoms with van der Waals surface area (Å²) in [7, 11) is 4.01. The number of Topliss-reactive ketones (excluding diaryl/α,β-unsaturated/α-hetero) is 1. The Bertz CT molecular complexity index is 871. The molecule has 0 fully saturated rings. The maximum Gasteiger partial charge on any atom is 0.250 e. The van der Waals surface area contributed by atoms with Gasteiger partial charge in [-0.2, -0.15) is 0 Å². The monoisotopic (exact) mass is 426 g/mol. The van der Waals surface area contributed by atoms with Crippen LogP contribution in [0.1, 0.15) is 32.1 Å². The van der Waals surface area contributed by atoms with Gasteiger partial charge >= 0.3 is 0 Å². The third kappa shape index (κ3) is 8.90. The number of carbonyl (C=O) groups is 2. The van der Waals surface area contributed by atoms with Gasteiger partial charge in [0.2, 0.25) is 5.91 Å². The lowest BCUT2D eigenvalue weighted by Crippen LogP contribution is -2.30. The average Bonchev–Trinajstić information content (AvgIpc) is 2.78. The highest BCUT2D eigenvalue weighted by molar-refractivity contribution is 5.94. The van der Waals surface area contributed by atoms with Crippen LogP contribution in [0.15, 0.2) is 54.1 Å². The molecular weight excluding hydrogens is 392 g/mol. The van der Waals surface area contributed by atoms with Gasteiger partial charge in [0.15, 0.2) is 5.78 Å². The molecule has 2 rings (SSSR count). The minimum absolute atomic E-state index is 0.120. The third-order valence-corrected chi connectivity index (χ3v) is 4.97. The van der Waals surface area contributed by atoms with Gasteiger partial charge in [0.25, 0.3) is 0 Å². The number of aliphatic hydroxyl groups is 1. The van der Waals surface area contributed by atoms with Crippen LogP contribution in [0.25, 0.3) is 10.8 Å². The Morgan fingerprint density at radius 2 is 1.84 bits per heavy atom. The van der Waals surface area contributed by atoms with Crippen molar-refractivity contribution in [2.24, 2.45) is 0 Å². The summed E-state index contributed by atoms with van der Waals surface area (Å²) in [5, 5.41) is 13.9. The first kappa shape index (κ1) is 24.6. The molecule has 0 radical (unpaired) electrons. The molecule has 31 heavy (non-hydrogen) atoms.